The maximum absolute atomic E-state index is 14.1. The number of nitrogens with zero attached hydrogens (tertiary/aromatic N) is 4. The molecule has 3 aromatic heterocycles. The number of nitrogens with two attached hydrogens (primary N) is 1. The molecule has 1 aliphatic rings. The monoisotopic (exact) mass is 496 g/mol. The van der Waals surface area contributed by atoms with Crippen LogP contribution >= 0.6 is 0 Å². The van der Waals surface area contributed by atoms with E-state index in [9.17, 15) is 22.8 Å². The van der Waals surface area contributed by atoms with E-state index in [1.165, 1.54) is 6.07 Å². The summed E-state index contributed by atoms with van der Waals surface area (Å²) < 4.78 is 48.8. The normalized spacial score (nSPS) is 14.1. The molecule has 2 amide bonds. The van der Waals surface area contributed by atoms with Crippen molar-refractivity contribution in [2.24, 2.45) is 5.73 Å². The van der Waals surface area contributed by atoms with Crippen molar-refractivity contribution in [1.29, 1.82) is 0 Å². The van der Waals surface area contributed by atoms with Crippen molar-refractivity contribution in [1.82, 2.24) is 19.4 Å². The molecule has 4 aromatic rings. The molecule has 1 aromatic carbocycles. The molecule has 0 saturated carbocycles. The van der Waals surface area contributed by atoms with Crippen molar-refractivity contribution in [3.8, 4) is 17.3 Å². The first-order valence-electron chi connectivity index (χ1n) is 10.8. The van der Waals surface area contributed by atoms with E-state index in [1.807, 2.05) is 0 Å². The van der Waals surface area contributed by atoms with Crippen molar-refractivity contribution in [2.45, 2.75) is 32.8 Å². The van der Waals surface area contributed by atoms with E-state index in [-0.39, 0.29) is 34.6 Å². The van der Waals surface area contributed by atoms with E-state index < -0.39 is 40.9 Å². The fourth-order valence-electron chi connectivity index (χ4n) is 4.19. The number of ether oxygens (including phenoxy) is 1. The van der Waals surface area contributed by atoms with Crippen LogP contribution < -0.4 is 15.8 Å². The van der Waals surface area contributed by atoms with Gasteiger partial charge in [0.05, 0.1) is 16.7 Å². The Bertz CT molecular complexity index is 1600. The minimum atomic E-state index is -1.34. The highest BCUT2D eigenvalue weighted by molar-refractivity contribution is 6.08. The van der Waals surface area contributed by atoms with Gasteiger partial charge in [-0.1, -0.05) is 0 Å². The molecule has 12 heteroatoms. The number of benzene rings is 1. The Kier molecular flexibility index (Phi) is 5.20. The average molecular weight is 496 g/mol. The van der Waals surface area contributed by atoms with Gasteiger partial charge in [-0.25, -0.2) is 28.1 Å². The topological polar surface area (TPSA) is 124 Å². The number of primary amides is 1. The molecule has 0 bridgehead atoms. The SMILES string of the molecule is Cc1nc2c(OCc3c(F)ccc(F)c3F)cccn2c1-c1nc2c(c(C(N)=O)n1)C(C)(C)C(=O)N2. The van der Waals surface area contributed by atoms with Gasteiger partial charge in [0.15, 0.2) is 28.9 Å². The van der Waals surface area contributed by atoms with E-state index in [1.54, 1.807) is 37.4 Å². The molecule has 0 atom stereocenters. The molecule has 0 radical (unpaired) electrons. The second-order valence-corrected chi connectivity index (χ2v) is 8.79. The number of imidazole rings is 1. The van der Waals surface area contributed by atoms with Crippen molar-refractivity contribution in [2.75, 3.05) is 5.32 Å². The highest BCUT2D eigenvalue weighted by Gasteiger charge is 2.43. The van der Waals surface area contributed by atoms with Crippen LogP contribution in [-0.2, 0) is 16.8 Å². The van der Waals surface area contributed by atoms with Gasteiger partial charge in [0, 0.05) is 11.8 Å². The number of hydrogen-bond donors (Lipinski definition) is 2. The lowest BCUT2D eigenvalue weighted by molar-refractivity contribution is -0.119. The smallest absolute Gasteiger partial charge is 0.267 e. The number of halogens is 3. The maximum atomic E-state index is 14.1. The molecule has 0 fully saturated rings. The summed E-state index contributed by atoms with van der Waals surface area (Å²) in [5.74, 6) is -4.26. The van der Waals surface area contributed by atoms with Crippen LogP contribution in [0.25, 0.3) is 17.2 Å². The number of amides is 2. The standard InChI is InChI=1S/C24H19F3N6O3/c1-10-18(21-30-17(19(28)34)15-20(31-21)32-23(35)24(15,2)3)33-8-4-5-14(22(33)29-10)36-9-11-12(25)6-7-13(26)16(11)27/h4-8H,9H2,1-3H3,(H2,28,34)(H,30,31,32,35). The van der Waals surface area contributed by atoms with Gasteiger partial charge in [-0.2, -0.15) is 0 Å². The zero-order valence-corrected chi connectivity index (χ0v) is 19.3. The molecule has 3 N–H and O–H groups in total. The van der Waals surface area contributed by atoms with Crippen molar-refractivity contribution < 1.29 is 27.5 Å². The zero-order chi connectivity index (χ0) is 25.9. The highest BCUT2D eigenvalue weighted by Crippen LogP contribution is 2.39. The first-order valence-corrected chi connectivity index (χ1v) is 10.8. The summed E-state index contributed by atoms with van der Waals surface area (Å²) >= 11 is 0. The van der Waals surface area contributed by atoms with E-state index >= 15 is 0 Å². The van der Waals surface area contributed by atoms with Crippen LogP contribution in [0.3, 0.4) is 0 Å². The lowest BCUT2D eigenvalue weighted by atomic mass is 9.85. The predicted octanol–water partition coefficient (Wildman–Crippen LogP) is 3.42. The number of anilines is 1. The Morgan fingerprint density at radius 3 is 2.58 bits per heavy atom. The number of aromatic nitrogens is 4. The predicted molar refractivity (Wildman–Crippen MR) is 122 cm³/mol. The van der Waals surface area contributed by atoms with Crippen LogP contribution in [0.1, 0.15) is 41.2 Å². The van der Waals surface area contributed by atoms with Crippen LogP contribution in [0, 0.1) is 24.4 Å². The number of carbonyl (C=O) groups is 2. The molecule has 5 rings (SSSR count). The van der Waals surface area contributed by atoms with Gasteiger partial charge >= 0.3 is 0 Å². The van der Waals surface area contributed by atoms with Gasteiger partial charge in [0.2, 0.25) is 5.91 Å². The van der Waals surface area contributed by atoms with E-state index in [2.05, 4.69) is 20.3 Å². The molecule has 1 aliphatic heterocycles. The number of rotatable bonds is 5. The molecule has 0 saturated heterocycles. The lowest BCUT2D eigenvalue weighted by Gasteiger charge is -2.17. The van der Waals surface area contributed by atoms with Gasteiger partial charge in [-0.05, 0) is 45.0 Å². The molecule has 9 nitrogen and oxygen atoms in total. The van der Waals surface area contributed by atoms with Gasteiger partial charge in [0.1, 0.15) is 29.6 Å². The van der Waals surface area contributed by atoms with Gasteiger partial charge < -0.3 is 15.8 Å². The van der Waals surface area contributed by atoms with E-state index in [0.29, 0.717) is 23.0 Å². The summed E-state index contributed by atoms with van der Waals surface area (Å²) in [7, 11) is 0. The van der Waals surface area contributed by atoms with Crippen LogP contribution in [0.4, 0.5) is 19.0 Å². The lowest BCUT2D eigenvalue weighted by Crippen LogP contribution is -2.29. The minimum Gasteiger partial charge on any atom is -0.485 e. The molecule has 36 heavy (non-hydrogen) atoms. The Balaban J connectivity index is 1.61. The Labute approximate surface area is 202 Å². The fourth-order valence-corrected chi connectivity index (χ4v) is 4.19. The van der Waals surface area contributed by atoms with Gasteiger partial charge in [-0.3, -0.25) is 14.0 Å². The number of fused-ring (bicyclic) bond motifs is 2. The van der Waals surface area contributed by atoms with Crippen molar-refractivity contribution in [3.05, 3.63) is 70.4 Å². The number of aryl methyl sites for hydroxylation is 1. The second-order valence-electron chi connectivity index (χ2n) is 8.79. The summed E-state index contributed by atoms with van der Waals surface area (Å²) in [6.07, 6.45) is 1.63. The quantitative estimate of drug-likeness (QED) is 0.408. The Hall–Kier alpha value is -4.48. The average Bonchev–Trinajstić information content (AvgIpc) is 3.28. The Morgan fingerprint density at radius 2 is 1.86 bits per heavy atom. The highest BCUT2D eigenvalue weighted by atomic mass is 19.2. The van der Waals surface area contributed by atoms with Crippen LogP contribution in [0.15, 0.2) is 30.5 Å². The van der Waals surface area contributed by atoms with E-state index in [4.69, 9.17) is 10.5 Å². The second kappa shape index (κ2) is 8.04. The molecule has 4 heterocycles. The van der Waals surface area contributed by atoms with Crippen LogP contribution in [0.2, 0.25) is 0 Å². The summed E-state index contributed by atoms with van der Waals surface area (Å²) in [5.41, 5.74) is 5.24. The summed E-state index contributed by atoms with van der Waals surface area (Å²) in [4.78, 5) is 38.0. The summed E-state index contributed by atoms with van der Waals surface area (Å²) in [5, 5.41) is 2.66. The summed E-state index contributed by atoms with van der Waals surface area (Å²) in [6, 6.07) is 4.64. The first kappa shape index (κ1) is 23.3. The molecule has 0 spiro atoms. The largest absolute Gasteiger partial charge is 0.485 e. The van der Waals surface area contributed by atoms with Crippen LogP contribution in [-0.4, -0.2) is 31.2 Å². The molecule has 184 valence electrons. The number of hydrogen-bond acceptors (Lipinski definition) is 6. The molecular formula is C24H19F3N6O3. The first-order chi connectivity index (χ1) is 17.0. The third-order valence-electron chi connectivity index (χ3n) is 6.08. The molecular weight excluding hydrogens is 477 g/mol. The molecule has 0 unspecified atom stereocenters. The van der Waals surface area contributed by atoms with E-state index in [0.717, 1.165) is 6.07 Å². The van der Waals surface area contributed by atoms with Crippen LogP contribution in [0.5, 0.6) is 5.75 Å². The van der Waals surface area contributed by atoms with Gasteiger partial charge in [-0.15, -0.1) is 0 Å². The number of carbonyl (C=O) groups excluding carboxylic acids is 2. The minimum absolute atomic E-state index is 0.0740. The fraction of sp³-hybridized carbons (Fsp3) is 0.208. The van der Waals surface area contributed by atoms with Crippen molar-refractivity contribution in [3.63, 3.8) is 0 Å². The maximum Gasteiger partial charge on any atom is 0.267 e. The third-order valence-corrected chi connectivity index (χ3v) is 6.08. The van der Waals surface area contributed by atoms with Gasteiger partial charge in [0.25, 0.3) is 5.91 Å². The zero-order valence-electron chi connectivity index (χ0n) is 19.3. The number of nitrogens with one attached hydrogen (secondary N) is 1. The summed E-state index contributed by atoms with van der Waals surface area (Å²) in [6.45, 7) is 4.35. The molecule has 0 aliphatic carbocycles. The number of pyridine rings is 1. The Morgan fingerprint density at radius 1 is 1.14 bits per heavy atom. The van der Waals surface area contributed by atoms with Crippen molar-refractivity contribution >= 4 is 23.3 Å². The third kappa shape index (κ3) is 3.44.